The first-order valence-electron chi connectivity index (χ1n) is 5.91. The van der Waals surface area contributed by atoms with Crippen LogP contribution in [-0.2, 0) is 4.79 Å². The minimum absolute atomic E-state index is 0.311. The molecule has 0 radical (unpaired) electrons. The smallest absolute Gasteiger partial charge is 0.123 e. The van der Waals surface area contributed by atoms with Gasteiger partial charge in [-0.05, 0) is 32.6 Å². The predicted octanol–water partition coefficient (Wildman–Crippen LogP) is 4.13. The number of rotatable bonds is 9. The van der Waals surface area contributed by atoms with Crippen LogP contribution in [0.15, 0.2) is 12.2 Å². The second-order valence-corrected chi connectivity index (χ2v) is 3.87. The van der Waals surface area contributed by atoms with Crippen LogP contribution < -0.4 is 0 Å². The van der Waals surface area contributed by atoms with Gasteiger partial charge in [0, 0.05) is 5.92 Å². The molecule has 0 N–H and O–H groups in total. The Morgan fingerprint density at radius 2 is 1.86 bits per heavy atom. The molecule has 0 fully saturated rings. The van der Waals surface area contributed by atoms with Crippen molar-refractivity contribution in [2.45, 2.75) is 58.8 Å². The summed E-state index contributed by atoms with van der Waals surface area (Å²) in [4.78, 5) is 10.5. The molecule has 0 saturated heterocycles. The lowest BCUT2D eigenvalue weighted by atomic mass is 9.99. The molecule has 0 saturated carbocycles. The number of hydrogen-bond donors (Lipinski definition) is 0. The molecule has 0 bridgehead atoms. The molecule has 1 unspecified atom stereocenters. The molecule has 0 aliphatic heterocycles. The fourth-order valence-corrected chi connectivity index (χ4v) is 1.56. The van der Waals surface area contributed by atoms with E-state index in [0.717, 1.165) is 19.1 Å². The Hall–Kier alpha value is -0.590. The number of carbonyl (C=O) groups excluding carboxylic acids is 1. The highest BCUT2D eigenvalue weighted by molar-refractivity contribution is 5.53. The van der Waals surface area contributed by atoms with Gasteiger partial charge in [0.05, 0.1) is 0 Å². The van der Waals surface area contributed by atoms with Crippen LogP contribution in [0.5, 0.6) is 0 Å². The maximum Gasteiger partial charge on any atom is 0.123 e. The number of allylic oxidation sites excluding steroid dienone is 2. The van der Waals surface area contributed by atoms with Gasteiger partial charge in [-0.25, -0.2) is 0 Å². The Balaban J connectivity index is 3.16. The average molecular weight is 196 g/mol. The lowest BCUT2D eigenvalue weighted by molar-refractivity contribution is -0.111. The zero-order valence-corrected chi connectivity index (χ0v) is 9.67. The fraction of sp³-hybridized carbons (Fsp3) is 0.769. The number of carbonyl (C=O) groups is 1. The standard InChI is InChI=1S/C13H24O/c1-3-5-6-7-8-9-10-11-13(4-2)12-14/h3,5,12-13H,4,6-11H2,1-2H3/b5-3+. The van der Waals surface area contributed by atoms with Crippen molar-refractivity contribution < 1.29 is 4.79 Å². The molecular formula is C13H24O. The molecule has 14 heavy (non-hydrogen) atoms. The van der Waals surface area contributed by atoms with Gasteiger partial charge in [-0.2, -0.15) is 0 Å². The second kappa shape index (κ2) is 10.5. The van der Waals surface area contributed by atoms with Crippen LogP contribution in [0.3, 0.4) is 0 Å². The minimum atomic E-state index is 0.311. The van der Waals surface area contributed by atoms with Crippen LogP contribution in [0.2, 0.25) is 0 Å². The second-order valence-electron chi connectivity index (χ2n) is 3.87. The molecule has 0 aromatic rings. The summed E-state index contributed by atoms with van der Waals surface area (Å²) in [6, 6.07) is 0. The van der Waals surface area contributed by atoms with E-state index in [1.165, 1.54) is 32.1 Å². The van der Waals surface area contributed by atoms with Crippen molar-refractivity contribution in [3.63, 3.8) is 0 Å². The van der Waals surface area contributed by atoms with E-state index in [-0.39, 0.29) is 0 Å². The van der Waals surface area contributed by atoms with Crippen molar-refractivity contribution in [3.05, 3.63) is 12.2 Å². The topological polar surface area (TPSA) is 17.1 Å². The summed E-state index contributed by atoms with van der Waals surface area (Å²) in [6.07, 6.45) is 13.8. The van der Waals surface area contributed by atoms with Gasteiger partial charge < -0.3 is 4.79 Å². The lowest BCUT2D eigenvalue weighted by Gasteiger charge is -2.05. The first-order valence-corrected chi connectivity index (χ1v) is 5.91. The third kappa shape index (κ3) is 8.03. The average Bonchev–Trinajstić information content (AvgIpc) is 2.22. The summed E-state index contributed by atoms with van der Waals surface area (Å²) in [5.74, 6) is 0.311. The van der Waals surface area contributed by atoms with E-state index in [1.54, 1.807) is 0 Å². The van der Waals surface area contributed by atoms with Crippen LogP contribution in [0.4, 0.5) is 0 Å². The summed E-state index contributed by atoms with van der Waals surface area (Å²) >= 11 is 0. The Bertz CT molecular complexity index is 149. The van der Waals surface area contributed by atoms with Crippen LogP contribution in [-0.4, -0.2) is 6.29 Å². The van der Waals surface area contributed by atoms with Crippen molar-refractivity contribution in [2.75, 3.05) is 0 Å². The van der Waals surface area contributed by atoms with E-state index in [0.29, 0.717) is 5.92 Å². The molecule has 82 valence electrons. The molecule has 0 aliphatic carbocycles. The van der Waals surface area contributed by atoms with Crippen molar-refractivity contribution in [3.8, 4) is 0 Å². The minimum Gasteiger partial charge on any atom is -0.303 e. The van der Waals surface area contributed by atoms with Gasteiger partial charge in [0.2, 0.25) is 0 Å². The molecular weight excluding hydrogens is 172 g/mol. The quantitative estimate of drug-likeness (QED) is 0.308. The third-order valence-corrected chi connectivity index (χ3v) is 2.65. The van der Waals surface area contributed by atoms with Crippen molar-refractivity contribution in [1.82, 2.24) is 0 Å². The highest BCUT2D eigenvalue weighted by Gasteiger charge is 2.02. The highest BCUT2D eigenvalue weighted by atomic mass is 16.1. The lowest BCUT2D eigenvalue weighted by Crippen LogP contribution is -1.99. The fourth-order valence-electron chi connectivity index (χ4n) is 1.56. The summed E-state index contributed by atoms with van der Waals surface area (Å²) in [5.41, 5.74) is 0. The van der Waals surface area contributed by atoms with Crippen molar-refractivity contribution in [1.29, 1.82) is 0 Å². The van der Waals surface area contributed by atoms with Gasteiger partial charge in [-0.15, -0.1) is 0 Å². The zero-order chi connectivity index (χ0) is 10.6. The third-order valence-electron chi connectivity index (χ3n) is 2.65. The first-order chi connectivity index (χ1) is 6.85. The molecule has 0 heterocycles. The zero-order valence-electron chi connectivity index (χ0n) is 9.67. The largest absolute Gasteiger partial charge is 0.303 e. The maximum absolute atomic E-state index is 10.5. The Labute approximate surface area is 88.6 Å². The van der Waals surface area contributed by atoms with Crippen molar-refractivity contribution in [2.24, 2.45) is 5.92 Å². The highest BCUT2D eigenvalue weighted by Crippen LogP contribution is 2.12. The SMILES string of the molecule is C/C=C/CCCCCCC(C=O)CC. The van der Waals surface area contributed by atoms with E-state index < -0.39 is 0 Å². The van der Waals surface area contributed by atoms with Gasteiger partial charge in [0.15, 0.2) is 0 Å². The van der Waals surface area contributed by atoms with Crippen LogP contribution >= 0.6 is 0 Å². The Morgan fingerprint density at radius 1 is 1.14 bits per heavy atom. The van der Waals surface area contributed by atoms with Gasteiger partial charge in [-0.3, -0.25) is 0 Å². The Morgan fingerprint density at radius 3 is 2.43 bits per heavy atom. The molecule has 0 rings (SSSR count). The molecule has 1 heteroatoms. The van der Waals surface area contributed by atoms with E-state index in [1.807, 2.05) is 0 Å². The summed E-state index contributed by atoms with van der Waals surface area (Å²) in [6.45, 7) is 4.15. The molecule has 0 aromatic heterocycles. The van der Waals surface area contributed by atoms with Crippen LogP contribution in [0, 0.1) is 5.92 Å². The van der Waals surface area contributed by atoms with Crippen molar-refractivity contribution >= 4 is 6.29 Å². The number of hydrogen-bond acceptors (Lipinski definition) is 1. The maximum atomic E-state index is 10.5. The first kappa shape index (κ1) is 13.4. The predicted molar refractivity (Wildman–Crippen MR) is 62.4 cm³/mol. The van der Waals surface area contributed by atoms with E-state index >= 15 is 0 Å². The van der Waals surface area contributed by atoms with Gasteiger partial charge in [0.1, 0.15) is 6.29 Å². The van der Waals surface area contributed by atoms with Crippen LogP contribution in [0.1, 0.15) is 58.8 Å². The molecule has 0 amide bonds. The Kier molecular flexibility index (Phi) is 10.0. The van der Waals surface area contributed by atoms with E-state index in [2.05, 4.69) is 26.0 Å². The number of unbranched alkanes of at least 4 members (excludes halogenated alkanes) is 4. The molecule has 1 atom stereocenters. The molecule has 0 aromatic carbocycles. The molecule has 0 aliphatic rings. The summed E-state index contributed by atoms with van der Waals surface area (Å²) in [5, 5.41) is 0. The molecule has 0 spiro atoms. The van der Waals surface area contributed by atoms with Gasteiger partial charge in [-0.1, -0.05) is 38.3 Å². The van der Waals surface area contributed by atoms with Crippen LogP contribution in [0.25, 0.3) is 0 Å². The van der Waals surface area contributed by atoms with E-state index in [4.69, 9.17) is 0 Å². The van der Waals surface area contributed by atoms with Gasteiger partial charge >= 0.3 is 0 Å². The number of aldehydes is 1. The van der Waals surface area contributed by atoms with E-state index in [9.17, 15) is 4.79 Å². The van der Waals surface area contributed by atoms with Gasteiger partial charge in [0.25, 0.3) is 0 Å². The monoisotopic (exact) mass is 196 g/mol. The molecule has 1 nitrogen and oxygen atoms in total. The summed E-state index contributed by atoms with van der Waals surface area (Å²) < 4.78 is 0. The summed E-state index contributed by atoms with van der Waals surface area (Å²) in [7, 11) is 0. The normalized spacial score (nSPS) is 13.3.